The van der Waals surface area contributed by atoms with E-state index in [0.29, 0.717) is 5.95 Å². The number of rotatable bonds is 5. The second-order valence-electron chi connectivity index (χ2n) is 5.10. The quantitative estimate of drug-likeness (QED) is 0.762. The second kappa shape index (κ2) is 5.16. The van der Waals surface area contributed by atoms with E-state index in [1.165, 1.54) is 6.26 Å². The first-order chi connectivity index (χ1) is 8.53. The Morgan fingerprint density at radius 2 is 1.84 bits per heavy atom. The molecule has 3 N–H and O–H groups in total. The number of aromatic nitrogens is 3. The first kappa shape index (κ1) is 15.4. The summed E-state index contributed by atoms with van der Waals surface area (Å²) in [7, 11) is 0.369. The lowest BCUT2D eigenvalue weighted by molar-refractivity contribution is 0.559. The number of nitrogens with one attached hydrogen (secondary N) is 1. The van der Waals surface area contributed by atoms with Crippen LogP contribution in [0.2, 0.25) is 0 Å². The molecule has 8 nitrogen and oxygen atoms in total. The van der Waals surface area contributed by atoms with Gasteiger partial charge in [0.25, 0.3) is 0 Å². The van der Waals surface area contributed by atoms with Gasteiger partial charge in [0.05, 0.1) is 4.75 Å². The smallest absolute Gasteiger partial charge is 0.231 e. The molecular formula is C10H20N6O2S. The van der Waals surface area contributed by atoms with Crippen molar-refractivity contribution < 1.29 is 8.42 Å². The van der Waals surface area contributed by atoms with Crippen LogP contribution >= 0.6 is 0 Å². The van der Waals surface area contributed by atoms with E-state index in [9.17, 15) is 8.42 Å². The van der Waals surface area contributed by atoms with E-state index >= 15 is 0 Å². The van der Waals surface area contributed by atoms with Gasteiger partial charge >= 0.3 is 0 Å². The van der Waals surface area contributed by atoms with Gasteiger partial charge in [-0.2, -0.15) is 15.0 Å². The van der Waals surface area contributed by atoms with Crippen molar-refractivity contribution in [1.82, 2.24) is 15.0 Å². The van der Waals surface area contributed by atoms with Crippen molar-refractivity contribution in [3.63, 3.8) is 0 Å². The number of sulfone groups is 1. The van der Waals surface area contributed by atoms with Gasteiger partial charge in [-0.1, -0.05) is 0 Å². The SMILES string of the molecule is CN(C)c1nc(N)nc(NCC(C)(C)S(C)(=O)=O)n1. The third-order valence-electron chi connectivity index (χ3n) is 2.72. The van der Waals surface area contributed by atoms with Crippen molar-refractivity contribution in [2.24, 2.45) is 0 Å². The Balaban J connectivity index is 2.90. The van der Waals surface area contributed by atoms with Crippen LogP contribution in [0.5, 0.6) is 0 Å². The number of nitrogens with two attached hydrogens (primary N) is 1. The molecular weight excluding hydrogens is 268 g/mol. The Bertz CT molecular complexity index is 555. The summed E-state index contributed by atoms with van der Waals surface area (Å²) >= 11 is 0. The maximum atomic E-state index is 11.6. The standard InChI is InChI=1S/C10H20N6O2S/c1-10(2,19(5,17)18)6-12-8-13-7(11)14-9(15-8)16(3)4/h6H2,1-5H3,(H3,11,12,13,14,15). The molecule has 1 rings (SSSR count). The molecule has 0 fully saturated rings. The van der Waals surface area contributed by atoms with Crippen LogP contribution in [0.25, 0.3) is 0 Å². The highest BCUT2D eigenvalue weighted by molar-refractivity contribution is 7.92. The zero-order valence-corrected chi connectivity index (χ0v) is 12.6. The first-order valence-corrected chi connectivity index (χ1v) is 7.54. The van der Waals surface area contributed by atoms with E-state index < -0.39 is 14.6 Å². The fourth-order valence-electron chi connectivity index (χ4n) is 1.08. The average Bonchev–Trinajstić information content (AvgIpc) is 2.24. The Morgan fingerprint density at radius 1 is 1.26 bits per heavy atom. The second-order valence-corrected chi connectivity index (χ2v) is 7.75. The summed E-state index contributed by atoms with van der Waals surface area (Å²) in [5, 5.41) is 2.88. The van der Waals surface area contributed by atoms with Crippen LogP contribution in [-0.2, 0) is 9.84 Å². The minimum Gasteiger partial charge on any atom is -0.368 e. The molecule has 0 aliphatic rings. The third-order valence-corrected chi connectivity index (χ3v) is 4.87. The molecule has 9 heteroatoms. The molecule has 0 atom stereocenters. The van der Waals surface area contributed by atoms with Gasteiger partial charge in [0, 0.05) is 26.9 Å². The molecule has 1 heterocycles. The van der Waals surface area contributed by atoms with Crippen molar-refractivity contribution in [3.05, 3.63) is 0 Å². The molecule has 0 saturated carbocycles. The molecule has 19 heavy (non-hydrogen) atoms. The number of nitrogens with zero attached hydrogens (tertiary/aromatic N) is 4. The molecule has 1 aromatic heterocycles. The minimum absolute atomic E-state index is 0.0818. The third kappa shape index (κ3) is 3.91. The summed E-state index contributed by atoms with van der Waals surface area (Å²) in [6, 6.07) is 0. The van der Waals surface area contributed by atoms with Gasteiger partial charge in [-0.05, 0) is 13.8 Å². The molecule has 0 spiro atoms. The number of hydrogen-bond acceptors (Lipinski definition) is 8. The normalized spacial score (nSPS) is 12.3. The molecule has 0 amide bonds. The average molecular weight is 288 g/mol. The van der Waals surface area contributed by atoms with E-state index in [4.69, 9.17) is 5.73 Å². The van der Waals surface area contributed by atoms with Crippen LogP contribution in [-0.4, -0.2) is 55.0 Å². The fraction of sp³-hybridized carbons (Fsp3) is 0.700. The number of hydrogen-bond donors (Lipinski definition) is 2. The molecule has 0 unspecified atom stereocenters. The van der Waals surface area contributed by atoms with Gasteiger partial charge in [-0.3, -0.25) is 0 Å². The number of nitrogen functional groups attached to an aromatic ring is 1. The monoisotopic (exact) mass is 288 g/mol. The highest BCUT2D eigenvalue weighted by atomic mass is 32.2. The van der Waals surface area contributed by atoms with Gasteiger partial charge in [0.1, 0.15) is 0 Å². The molecule has 0 aliphatic carbocycles. The van der Waals surface area contributed by atoms with Crippen LogP contribution in [0.4, 0.5) is 17.8 Å². The zero-order valence-electron chi connectivity index (χ0n) is 11.8. The summed E-state index contributed by atoms with van der Waals surface area (Å²) in [5.41, 5.74) is 5.58. The molecule has 0 aromatic carbocycles. The first-order valence-electron chi connectivity index (χ1n) is 5.65. The van der Waals surface area contributed by atoms with Crippen LogP contribution in [0.15, 0.2) is 0 Å². The highest BCUT2D eigenvalue weighted by Gasteiger charge is 2.30. The van der Waals surface area contributed by atoms with Gasteiger partial charge in [-0.25, -0.2) is 8.42 Å². The Hall–Kier alpha value is -1.64. The fourth-order valence-corrected chi connectivity index (χ4v) is 1.42. The minimum atomic E-state index is -3.18. The lowest BCUT2D eigenvalue weighted by Gasteiger charge is -2.23. The summed E-state index contributed by atoms with van der Waals surface area (Å²) in [6.07, 6.45) is 1.20. The molecule has 108 valence electrons. The van der Waals surface area contributed by atoms with Gasteiger partial charge in [0.2, 0.25) is 17.8 Å². The summed E-state index contributed by atoms with van der Waals surface area (Å²) < 4.78 is 22.3. The van der Waals surface area contributed by atoms with Crippen LogP contribution in [0.3, 0.4) is 0 Å². The van der Waals surface area contributed by atoms with Gasteiger partial charge < -0.3 is 16.0 Å². The lowest BCUT2D eigenvalue weighted by Crippen LogP contribution is -2.38. The van der Waals surface area contributed by atoms with E-state index in [1.54, 1.807) is 32.8 Å². The predicted molar refractivity (Wildman–Crippen MR) is 76.0 cm³/mol. The molecule has 0 aliphatic heterocycles. The summed E-state index contributed by atoms with van der Waals surface area (Å²) in [6.45, 7) is 3.45. The van der Waals surface area contributed by atoms with E-state index in [-0.39, 0.29) is 18.4 Å². The van der Waals surface area contributed by atoms with Crippen LogP contribution < -0.4 is 16.0 Å². The van der Waals surface area contributed by atoms with Crippen LogP contribution in [0, 0.1) is 0 Å². The lowest BCUT2D eigenvalue weighted by atomic mass is 10.2. The topological polar surface area (TPSA) is 114 Å². The molecule has 0 bridgehead atoms. The summed E-state index contributed by atoms with van der Waals surface area (Å²) in [4.78, 5) is 13.7. The van der Waals surface area contributed by atoms with Crippen molar-refractivity contribution in [3.8, 4) is 0 Å². The van der Waals surface area contributed by atoms with Crippen molar-refractivity contribution in [2.45, 2.75) is 18.6 Å². The van der Waals surface area contributed by atoms with Gasteiger partial charge in [0.15, 0.2) is 9.84 Å². The van der Waals surface area contributed by atoms with E-state index in [1.807, 2.05) is 0 Å². The summed E-state index contributed by atoms with van der Waals surface area (Å²) in [5.74, 6) is 0.749. The molecule has 1 aromatic rings. The van der Waals surface area contributed by atoms with Crippen molar-refractivity contribution >= 4 is 27.7 Å². The largest absolute Gasteiger partial charge is 0.368 e. The predicted octanol–water partition coefficient (Wildman–Crippen LogP) is -0.245. The Kier molecular flexibility index (Phi) is 4.18. The molecule has 0 saturated heterocycles. The maximum absolute atomic E-state index is 11.6. The Morgan fingerprint density at radius 3 is 2.32 bits per heavy atom. The molecule has 0 radical (unpaired) electrons. The zero-order chi connectivity index (χ0) is 14.8. The Labute approximate surface area is 113 Å². The van der Waals surface area contributed by atoms with E-state index in [2.05, 4.69) is 20.3 Å². The van der Waals surface area contributed by atoms with Crippen molar-refractivity contribution in [1.29, 1.82) is 0 Å². The van der Waals surface area contributed by atoms with Crippen molar-refractivity contribution in [2.75, 3.05) is 42.8 Å². The maximum Gasteiger partial charge on any atom is 0.231 e. The van der Waals surface area contributed by atoms with Crippen LogP contribution in [0.1, 0.15) is 13.8 Å². The van der Waals surface area contributed by atoms with E-state index in [0.717, 1.165) is 0 Å². The van der Waals surface area contributed by atoms with Gasteiger partial charge in [-0.15, -0.1) is 0 Å². The number of anilines is 3. The highest BCUT2D eigenvalue weighted by Crippen LogP contribution is 2.16.